The molecule has 1 saturated carbocycles. The fraction of sp³-hybridized carbons (Fsp3) is 0.391. The smallest absolute Gasteiger partial charge is 0.255 e. The van der Waals surface area contributed by atoms with Crippen LogP contribution in [-0.4, -0.2) is 37.6 Å². The van der Waals surface area contributed by atoms with Crippen molar-refractivity contribution in [2.24, 2.45) is 0 Å². The maximum atomic E-state index is 13.6. The summed E-state index contributed by atoms with van der Waals surface area (Å²) in [6.45, 7) is 6.20. The summed E-state index contributed by atoms with van der Waals surface area (Å²) in [7, 11) is 1.86. The van der Waals surface area contributed by atoms with Gasteiger partial charge in [0.1, 0.15) is 5.01 Å². The molecule has 4 aromatic rings. The van der Waals surface area contributed by atoms with Crippen molar-refractivity contribution in [2.45, 2.75) is 51.6 Å². The number of thiazole rings is 1. The predicted molar refractivity (Wildman–Crippen MR) is 120 cm³/mol. The minimum absolute atomic E-state index is 0.0145. The van der Waals surface area contributed by atoms with Crippen LogP contribution in [0.1, 0.15) is 72.7 Å². The molecule has 0 N–H and O–H groups in total. The quantitative estimate of drug-likeness (QED) is 0.438. The standard InChI is InChI=1S/C23H25N5OS/c1-13(2)28-21-17(12-24-28)16(11-19(25-21)15-9-10-15)23(29)27(4)14(3)22-26-18-7-5-6-8-20(18)30-22/h5-8,11-15H,9-10H2,1-4H3/t14-/m0/s1. The van der Waals surface area contributed by atoms with Crippen LogP contribution in [0.3, 0.4) is 0 Å². The van der Waals surface area contributed by atoms with E-state index in [0.717, 1.165) is 44.8 Å². The topological polar surface area (TPSA) is 63.9 Å². The van der Waals surface area contributed by atoms with E-state index < -0.39 is 0 Å². The zero-order chi connectivity index (χ0) is 21.0. The first-order chi connectivity index (χ1) is 14.4. The summed E-state index contributed by atoms with van der Waals surface area (Å²) >= 11 is 1.64. The monoisotopic (exact) mass is 419 g/mol. The highest BCUT2D eigenvalue weighted by atomic mass is 32.1. The molecule has 0 radical (unpaired) electrons. The third-order valence-electron chi connectivity index (χ3n) is 5.87. The van der Waals surface area contributed by atoms with E-state index in [4.69, 9.17) is 9.97 Å². The molecule has 154 valence electrons. The Morgan fingerprint density at radius 1 is 1.20 bits per heavy atom. The number of carbonyl (C=O) groups excluding carboxylic acids is 1. The maximum absolute atomic E-state index is 13.6. The third kappa shape index (κ3) is 3.17. The number of pyridine rings is 1. The van der Waals surface area contributed by atoms with Gasteiger partial charge in [-0.3, -0.25) is 4.79 Å². The van der Waals surface area contributed by atoms with E-state index >= 15 is 0 Å². The van der Waals surface area contributed by atoms with Crippen LogP contribution in [-0.2, 0) is 0 Å². The van der Waals surface area contributed by atoms with Crippen molar-refractivity contribution >= 4 is 38.5 Å². The number of benzene rings is 1. The Bertz CT molecular complexity index is 1220. The van der Waals surface area contributed by atoms with Gasteiger partial charge in [0.15, 0.2) is 5.65 Å². The summed E-state index contributed by atoms with van der Waals surface area (Å²) in [5.74, 6) is 0.447. The molecule has 1 fully saturated rings. The molecule has 3 heterocycles. The molecule has 1 aliphatic rings. The molecule has 1 aromatic carbocycles. The molecule has 3 aromatic heterocycles. The highest BCUT2D eigenvalue weighted by Gasteiger charge is 2.30. The molecule has 6 nitrogen and oxygen atoms in total. The molecule has 0 saturated heterocycles. The zero-order valence-corrected chi connectivity index (χ0v) is 18.5. The van der Waals surface area contributed by atoms with Crippen LogP contribution >= 0.6 is 11.3 Å². The van der Waals surface area contributed by atoms with E-state index in [1.54, 1.807) is 22.4 Å². The summed E-state index contributed by atoms with van der Waals surface area (Å²) in [6.07, 6.45) is 4.06. The van der Waals surface area contributed by atoms with Crippen molar-refractivity contribution < 1.29 is 4.79 Å². The molecular weight excluding hydrogens is 394 g/mol. The number of amides is 1. The Morgan fingerprint density at radius 3 is 2.67 bits per heavy atom. The van der Waals surface area contributed by atoms with Crippen LogP contribution in [0.4, 0.5) is 0 Å². The summed E-state index contributed by atoms with van der Waals surface area (Å²) in [5.41, 5.74) is 3.48. The van der Waals surface area contributed by atoms with E-state index in [1.807, 2.05) is 42.9 Å². The second-order valence-electron chi connectivity index (χ2n) is 8.40. The van der Waals surface area contributed by atoms with Crippen molar-refractivity contribution in [1.82, 2.24) is 24.6 Å². The first-order valence-corrected chi connectivity index (χ1v) is 11.3. The highest BCUT2D eigenvalue weighted by Crippen LogP contribution is 2.40. The fourth-order valence-electron chi connectivity index (χ4n) is 3.78. The minimum Gasteiger partial charge on any atom is -0.332 e. The van der Waals surface area contributed by atoms with Gasteiger partial charge in [0.2, 0.25) is 0 Å². The van der Waals surface area contributed by atoms with E-state index in [-0.39, 0.29) is 18.0 Å². The summed E-state index contributed by atoms with van der Waals surface area (Å²) in [6, 6.07) is 10.1. The van der Waals surface area contributed by atoms with Crippen LogP contribution < -0.4 is 0 Å². The van der Waals surface area contributed by atoms with E-state index in [0.29, 0.717) is 11.5 Å². The molecule has 0 bridgehead atoms. The number of carbonyl (C=O) groups is 1. The normalized spacial score (nSPS) is 15.2. The largest absolute Gasteiger partial charge is 0.332 e. The lowest BCUT2D eigenvalue weighted by atomic mass is 10.1. The molecule has 0 spiro atoms. The van der Waals surface area contributed by atoms with Gasteiger partial charge in [-0.25, -0.2) is 14.6 Å². The minimum atomic E-state index is -0.123. The molecular formula is C23H25N5OS. The first-order valence-electron chi connectivity index (χ1n) is 10.4. The Kier molecular flexibility index (Phi) is 4.58. The fourth-order valence-corrected chi connectivity index (χ4v) is 4.84. The van der Waals surface area contributed by atoms with Gasteiger partial charge in [0, 0.05) is 24.7 Å². The van der Waals surface area contributed by atoms with E-state index in [1.165, 1.54) is 0 Å². The number of rotatable bonds is 5. The third-order valence-corrected chi connectivity index (χ3v) is 7.08. The number of nitrogens with zero attached hydrogens (tertiary/aromatic N) is 5. The lowest BCUT2D eigenvalue weighted by Gasteiger charge is -2.24. The number of fused-ring (bicyclic) bond motifs is 2. The van der Waals surface area contributed by atoms with Gasteiger partial charge in [-0.1, -0.05) is 12.1 Å². The lowest BCUT2D eigenvalue weighted by molar-refractivity contribution is 0.0744. The Hall–Kier alpha value is -2.80. The van der Waals surface area contributed by atoms with Crippen molar-refractivity contribution in [3.63, 3.8) is 0 Å². The van der Waals surface area contributed by atoms with Crippen molar-refractivity contribution in [3.05, 3.63) is 52.8 Å². The van der Waals surface area contributed by atoms with Gasteiger partial charge in [-0.15, -0.1) is 11.3 Å². The summed E-state index contributed by atoms with van der Waals surface area (Å²) < 4.78 is 3.05. The van der Waals surface area contributed by atoms with Gasteiger partial charge < -0.3 is 4.90 Å². The molecule has 30 heavy (non-hydrogen) atoms. The molecule has 5 rings (SSSR count). The average molecular weight is 420 g/mol. The summed E-state index contributed by atoms with van der Waals surface area (Å²) in [4.78, 5) is 25.0. The van der Waals surface area contributed by atoms with Crippen LogP contribution in [0.15, 0.2) is 36.5 Å². The van der Waals surface area contributed by atoms with Gasteiger partial charge >= 0.3 is 0 Å². The number of hydrogen-bond acceptors (Lipinski definition) is 5. The molecule has 0 aliphatic heterocycles. The maximum Gasteiger partial charge on any atom is 0.255 e. The molecule has 1 aliphatic carbocycles. The Labute approximate surface area is 179 Å². The molecule has 1 amide bonds. The van der Waals surface area contributed by atoms with Gasteiger partial charge in [-0.05, 0) is 51.8 Å². The van der Waals surface area contributed by atoms with Crippen LogP contribution in [0.2, 0.25) is 0 Å². The lowest BCUT2D eigenvalue weighted by Crippen LogP contribution is -2.30. The van der Waals surface area contributed by atoms with E-state index in [2.05, 4.69) is 25.0 Å². The average Bonchev–Trinajstić information content (AvgIpc) is 3.35. The predicted octanol–water partition coefficient (Wildman–Crippen LogP) is 5.33. The second kappa shape index (κ2) is 7.16. The van der Waals surface area contributed by atoms with Crippen molar-refractivity contribution in [1.29, 1.82) is 0 Å². The number of hydrogen-bond donors (Lipinski definition) is 0. The number of aromatic nitrogens is 4. The van der Waals surface area contributed by atoms with Gasteiger partial charge in [0.05, 0.1) is 33.4 Å². The first kappa shape index (κ1) is 19.2. The van der Waals surface area contributed by atoms with Crippen LogP contribution in [0.25, 0.3) is 21.3 Å². The SMILES string of the molecule is CC(C)n1ncc2c(C(=O)N(C)[C@@H](C)c3nc4ccccc4s3)cc(C3CC3)nc21. The van der Waals surface area contributed by atoms with Crippen molar-refractivity contribution in [2.75, 3.05) is 7.05 Å². The van der Waals surface area contributed by atoms with Gasteiger partial charge in [0.25, 0.3) is 5.91 Å². The van der Waals surface area contributed by atoms with Gasteiger partial charge in [-0.2, -0.15) is 5.10 Å². The molecule has 1 atom stereocenters. The summed E-state index contributed by atoms with van der Waals surface area (Å²) in [5, 5.41) is 6.29. The molecule has 0 unspecified atom stereocenters. The second-order valence-corrected chi connectivity index (χ2v) is 9.46. The van der Waals surface area contributed by atoms with Crippen LogP contribution in [0, 0.1) is 0 Å². The number of para-hydroxylation sites is 1. The zero-order valence-electron chi connectivity index (χ0n) is 17.7. The molecule has 7 heteroatoms. The van der Waals surface area contributed by atoms with Crippen LogP contribution in [0.5, 0.6) is 0 Å². The Morgan fingerprint density at radius 2 is 1.97 bits per heavy atom. The van der Waals surface area contributed by atoms with E-state index in [9.17, 15) is 4.79 Å². The van der Waals surface area contributed by atoms with Crippen molar-refractivity contribution in [3.8, 4) is 0 Å². The highest BCUT2D eigenvalue weighted by molar-refractivity contribution is 7.18. The Balaban J connectivity index is 1.54.